The normalized spacial score (nSPS) is 11.5. The fourth-order valence-corrected chi connectivity index (χ4v) is 1.53. The van der Waals surface area contributed by atoms with Gasteiger partial charge in [0.1, 0.15) is 0 Å². The van der Waals surface area contributed by atoms with E-state index >= 15 is 0 Å². The van der Waals surface area contributed by atoms with Gasteiger partial charge in [-0.1, -0.05) is 18.2 Å². The summed E-state index contributed by atoms with van der Waals surface area (Å²) in [7, 11) is -3.74. The van der Waals surface area contributed by atoms with Crippen molar-refractivity contribution in [2.75, 3.05) is 6.61 Å². The highest BCUT2D eigenvalue weighted by atomic mass is 32.2. The molecule has 0 fully saturated rings. The summed E-state index contributed by atoms with van der Waals surface area (Å²) >= 11 is 0. The Bertz CT molecular complexity index is 344. The number of rotatable bonds is 4. The zero-order valence-electron chi connectivity index (χ0n) is 7.14. The van der Waals surface area contributed by atoms with Crippen LogP contribution < -0.4 is 0 Å². The average Bonchev–Trinajstić information content (AvgIpc) is 2.16. The van der Waals surface area contributed by atoms with Crippen molar-refractivity contribution in [3.63, 3.8) is 0 Å². The minimum absolute atomic E-state index is 0.0865. The molecule has 0 bridgehead atoms. The van der Waals surface area contributed by atoms with Gasteiger partial charge in [0.25, 0.3) is 0 Å². The van der Waals surface area contributed by atoms with Gasteiger partial charge >= 0.3 is 10.1 Å². The molecule has 0 heterocycles. The molecule has 4 nitrogen and oxygen atoms in total. The zero-order valence-corrected chi connectivity index (χ0v) is 7.95. The molecule has 0 aliphatic heterocycles. The van der Waals surface area contributed by atoms with E-state index in [9.17, 15) is 8.42 Å². The van der Waals surface area contributed by atoms with E-state index in [4.69, 9.17) is 0 Å². The predicted octanol–water partition coefficient (Wildman–Crippen LogP) is 1.34. The van der Waals surface area contributed by atoms with E-state index < -0.39 is 10.1 Å². The molecule has 0 amide bonds. The Morgan fingerprint density at radius 1 is 1.23 bits per heavy atom. The van der Waals surface area contributed by atoms with Crippen LogP contribution in [0.25, 0.3) is 0 Å². The fourth-order valence-electron chi connectivity index (χ4n) is 0.738. The third-order valence-electron chi connectivity index (χ3n) is 1.29. The lowest BCUT2D eigenvalue weighted by molar-refractivity contribution is -0.196. The molecule has 5 heteroatoms. The van der Waals surface area contributed by atoms with Crippen LogP contribution in [-0.2, 0) is 19.3 Å². The molecule has 1 aromatic rings. The van der Waals surface area contributed by atoms with Gasteiger partial charge in [0.05, 0.1) is 11.5 Å². The first-order valence-corrected chi connectivity index (χ1v) is 5.19. The molecular formula is C8H10O4S. The number of hydrogen-bond donors (Lipinski definition) is 0. The van der Waals surface area contributed by atoms with E-state index in [1.54, 1.807) is 25.1 Å². The minimum atomic E-state index is -3.74. The van der Waals surface area contributed by atoms with E-state index in [2.05, 4.69) is 9.22 Å². The molecule has 0 atom stereocenters. The summed E-state index contributed by atoms with van der Waals surface area (Å²) in [6.07, 6.45) is 0. The third kappa shape index (κ3) is 2.80. The van der Waals surface area contributed by atoms with Crippen LogP contribution in [-0.4, -0.2) is 15.0 Å². The molecule has 0 radical (unpaired) electrons. The second kappa shape index (κ2) is 4.36. The zero-order chi connectivity index (χ0) is 9.73. The van der Waals surface area contributed by atoms with Crippen LogP contribution in [0.2, 0.25) is 0 Å². The van der Waals surface area contributed by atoms with Crippen molar-refractivity contribution in [3.8, 4) is 0 Å². The maximum absolute atomic E-state index is 11.2. The molecular weight excluding hydrogens is 192 g/mol. The first kappa shape index (κ1) is 10.2. The first-order chi connectivity index (χ1) is 6.17. The molecule has 0 unspecified atom stereocenters. The quantitative estimate of drug-likeness (QED) is 0.546. The first-order valence-electron chi connectivity index (χ1n) is 3.78. The summed E-state index contributed by atoms with van der Waals surface area (Å²) in [5.74, 6) is 0. The maximum atomic E-state index is 11.2. The smallest absolute Gasteiger partial charge is 0.220 e. The summed E-state index contributed by atoms with van der Waals surface area (Å²) in [5.41, 5.74) is 0. The van der Waals surface area contributed by atoms with E-state index in [0.717, 1.165) is 0 Å². The highest BCUT2D eigenvalue weighted by Gasteiger charge is 2.14. The summed E-state index contributed by atoms with van der Waals surface area (Å²) in [6, 6.07) is 7.83. The second-order valence-corrected chi connectivity index (χ2v) is 3.76. The molecule has 13 heavy (non-hydrogen) atoms. The standard InChI is InChI=1S/C8H10O4S/c1-2-11-12-13(9,10)8-6-4-3-5-7-8/h3-7H,2H2,1H3. The fraction of sp³-hybridized carbons (Fsp3) is 0.250. The van der Waals surface area contributed by atoms with Gasteiger partial charge in [0.15, 0.2) is 0 Å². The number of benzene rings is 1. The molecule has 1 rings (SSSR count). The van der Waals surface area contributed by atoms with Crippen LogP contribution in [0.5, 0.6) is 0 Å². The van der Waals surface area contributed by atoms with Crippen LogP contribution in [0.15, 0.2) is 35.2 Å². The summed E-state index contributed by atoms with van der Waals surface area (Å²) in [5, 5.41) is 0. The van der Waals surface area contributed by atoms with Crippen molar-refractivity contribution < 1.29 is 17.6 Å². The monoisotopic (exact) mass is 202 g/mol. The Morgan fingerprint density at radius 3 is 2.38 bits per heavy atom. The van der Waals surface area contributed by atoms with E-state index in [0.29, 0.717) is 0 Å². The van der Waals surface area contributed by atoms with Gasteiger partial charge in [-0.2, -0.15) is 8.42 Å². The topological polar surface area (TPSA) is 52.6 Å². The van der Waals surface area contributed by atoms with Gasteiger partial charge in [-0.15, -0.1) is 4.33 Å². The molecule has 0 saturated carbocycles. The van der Waals surface area contributed by atoms with Crippen molar-refractivity contribution in [2.24, 2.45) is 0 Å². The van der Waals surface area contributed by atoms with E-state index in [-0.39, 0.29) is 11.5 Å². The largest absolute Gasteiger partial charge is 0.323 e. The van der Waals surface area contributed by atoms with Gasteiger partial charge in [0, 0.05) is 0 Å². The Hall–Kier alpha value is -0.910. The van der Waals surface area contributed by atoms with E-state index in [1.807, 2.05) is 0 Å². The van der Waals surface area contributed by atoms with Crippen molar-refractivity contribution in [1.29, 1.82) is 0 Å². The van der Waals surface area contributed by atoms with Crippen LogP contribution >= 0.6 is 0 Å². The Kier molecular flexibility index (Phi) is 3.41. The highest BCUT2D eigenvalue weighted by Crippen LogP contribution is 2.10. The van der Waals surface area contributed by atoms with Crippen LogP contribution in [0.4, 0.5) is 0 Å². The molecule has 0 saturated heterocycles. The molecule has 0 spiro atoms. The Balaban J connectivity index is 2.83. The van der Waals surface area contributed by atoms with Crippen LogP contribution in [0, 0.1) is 0 Å². The molecule has 72 valence electrons. The van der Waals surface area contributed by atoms with Gasteiger partial charge in [-0.3, -0.25) is 0 Å². The summed E-state index contributed by atoms with van der Waals surface area (Å²) in [6.45, 7) is 1.83. The SMILES string of the molecule is CCOOS(=O)(=O)c1ccccc1. The van der Waals surface area contributed by atoms with Crippen molar-refractivity contribution in [3.05, 3.63) is 30.3 Å². The molecule has 1 aromatic carbocycles. The van der Waals surface area contributed by atoms with Crippen molar-refractivity contribution in [2.45, 2.75) is 11.8 Å². The Labute approximate surface area is 77.2 Å². The minimum Gasteiger partial charge on any atom is -0.220 e. The molecule has 0 N–H and O–H groups in total. The lowest BCUT2D eigenvalue weighted by Gasteiger charge is -2.01. The molecule has 0 aliphatic carbocycles. The summed E-state index contributed by atoms with van der Waals surface area (Å²) in [4.78, 5) is 4.45. The Morgan fingerprint density at radius 2 is 1.85 bits per heavy atom. The van der Waals surface area contributed by atoms with Gasteiger partial charge in [-0.25, -0.2) is 4.89 Å². The van der Waals surface area contributed by atoms with E-state index in [1.165, 1.54) is 12.1 Å². The third-order valence-corrected chi connectivity index (χ3v) is 2.41. The average molecular weight is 202 g/mol. The number of hydrogen-bond acceptors (Lipinski definition) is 4. The maximum Gasteiger partial charge on any atom is 0.323 e. The van der Waals surface area contributed by atoms with Gasteiger partial charge < -0.3 is 0 Å². The summed E-state index contributed by atoms with van der Waals surface area (Å²) < 4.78 is 26.7. The highest BCUT2D eigenvalue weighted by molar-refractivity contribution is 7.86. The van der Waals surface area contributed by atoms with Crippen molar-refractivity contribution in [1.82, 2.24) is 0 Å². The van der Waals surface area contributed by atoms with Crippen LogP contribution in [0.1, 0.15) is 6.92 Å². The van der Waals surface area contributed by atoms with Gasteiger partial charge in [-0.05, 0) is 19.1 Å². The molecule has 0 aromatic heterocycles. The van der Waals surface area contributed by atoms with Gasteiger partial charge in [0.2, 0.25) is 0 Å². The molecule has 0 aliphatic rings. The lowest BCUT2D eigenvalue weighted by Crippen LogP contribution is -2.06. The van der Waals surface area contributed by atoms with Crippen molar-refractivity contribution >= 4 is 10.1 Å². The predicted molar refractivity (Wildman–Crippen MR) is 46.3 cm³/mol. The second-order valence-electron chi connectivity index (χ2n) is 2.24. The van der Waals surface area contributed by atoms with Crippen LogP contribution in [0.3, 0.4) is 0 Å². The lowest BCUT2D eigenvalue weighted by atomic mass is 10.4.